The van der Waals surface area contributed by atoms with Crippen molar-refractivity contribution < 1.29 is 28.9 Å². The molecule has 144 valence electrons. The van der Waals surface area contributed by atoms with Gasteiger partial charge < -0.3 is 14.2 Å². The highest BCUT2D eigenvalue weighted by atomic mass is 35.5. The van der Waals surface area contributed by atoms with Crippen molar-refractivity contribution in [3.8, 4) is 0 Å². The number of nitrogens with zero attached hydrogens (tertiary/aromatic N) is 2. The third-order valence-corrected chi connectivity index (χ3v) is 3.75. The van der Waals surface area contributed by atoms with E-state index in [9.17, 15) is 25.0 Å². The van der Waals surface area contributed by atoms with Crippen LogP contribution in [-0.2, 0) is 14.2 Å². The van der Waals surface area contributed by atoms with Gasteiger partial charge in [-0.05, 0) is 0 Å². The fourth-order valence-corrected chi connectivity index (χ4v) is 2.38. The van der Waals surface area contributed by atoms with Crippen molar-refractivity contribution in [3.63, 3.8) is 0 Å². The molecule has 3 atom stereocenters. The molecule has 0 saturated heterocycles. The van der Waals surface area contributed by atoms with Gasteiger partial charge in [-0.3, -0.25) is 20.2 Å². The predicted molar refractivity (Wildman–Crippen MR) is 93.6 cm³/mol. The molecule has 0 unspecified atom stereocenters. The summed E-state index contributed by atoms with van der Waals surface area (Å²) >= 11 is 6.03. The number of hydrogen-bond donors (Lipinski definition) is 0. The molecule has 11 heteroatoms. The second kappa shape index (κ2) is 9.21. The van der Waals surface area contributed by atoms with Gasteiger partial charge >= 0.3 is 5.97 Å². The van der Waals surface area contributed by atoms with E-state index in [1.165, 1.54) is 6.08 Å². The molecule has 0 fully saturated rings. The van der Waals surface area contributed by atoms with Gasteiger partial charge in [0.15, 0.2) is 6.29 Å². The van der Waals surface area contributed by atoms with Gasteiger partial charge in [0.2, 0.25) is 0 Å². The summed E-state index contributed by atoms with van der Waals surface area (Å²) in [5.74, 6) is -0.963. The van der Waals surface area contributed by atoms with E-state index in [-0.39, 0.29) is 18.8 Å². The lowest BCUT2D eigenvalue weighted by atomic mass is 10.1. The minimum absolute atomic E-state index is 0.214. The minimum Gasteiger partial charge on any atom is -0.459 e. The van der Waals surface area contributed by atoms with Crippen LogP contribution in [0.2, 0.25) is 0 Å². The van der Waals surface area contributed by atoms with E-state index in [0.717, 1.165) is 18.2 Å². The van der Waals surface area contributed by atoms with Gasteiger partial charge in [-0.1, -0.05) is 18.2 Å². The maximum Gasteiger partial charge on any atom is 0.338 e. The molecule has 0 N–H and O–H groups in total. The fourth-order valence-electron chi connectivity index (χ4n) is 2.17. The molecule has 2 rings (SSSR count). The zero-order chi connectivity index (χ0) is 20.0. The number of hydrogen-bond acceptors (Lipinski definition) is 8. The summed E-state index contributed by atoms with van der Waals surface area (Å²) in [5.41, 5.74) is -1.49. The lowest BCUT2D eigenvalue weighted by Gasteiger charge is -2.28. The Morgan fingerprint density at radius 3 is 2.41 bits per heavy atom. The highest BCUT2D eigenvalue weighted by Gasteiger charge is 2.27. The Labute approximate surface area is 158 Å². The quantitative estimate of drug-likeness (QED) is 0.215. The van der Waals surface area contributed by atoms with Crippen molar-refractivity contribution in [1.29, 1.82) is 0 Å². The molecule has 0 spiro atoms. The Morgan fingerprint density at radius 1 is 1.22 bits per heavy atom. The summed E-state index contributed by atoms with van der Waals surface area (Å²) in [6.45, 7) is 3.50. The van der Waals surface area contributed by atoms with Crippen LogP contribution in [0.15, 0.2) is 43.0 Å². The standard InChI is InChI=1S/C16H15ClN2O8/c1-2-5-25-16-14(17)4-3-13(27-16)9-26-15(20)10-6-11(18(21)22)8-12(7-10)19(23)24/h2-4,6-8,13-14,16H,1,5,9H2/t13-,14-,16-/m0/s1. The van der Waals surface area contributed by atoms with E-state index in [1.54, 1.807) is 12.2 Å². The van der Waals surface area contributed by atoms with Gasteiger partial charge in [0.05, 0.1) is 28.1 Å². The molecule has 1 aromatic rings. The Morgan fingerprint density at radius 2 is 1.85 bits per heavy atom. The van der Waals surface area contributed by atoms with Crippen molar-refractivity contribution >= 4 is 28.9 Å². The number of halogens is 1. The molecule has 0 aromatic heterocycles. The molecule has 27 heavy (non-hydrogen) atoms. The molecule has 10 nitrogen and oxygen atoms in total. The summed E-state index contributed by atoms with van der Waals surface area (Å²) in [6.07, 6.45) is 3.30. The first-order chi connectivity index (χ1) is 12.8. The average molecular weight is 399 g/mol. The Balaban J connectivity index is 2.05. The normalized spacial score (nSPS) is 21.4. The molecule has 1 aromatic carbocycles. The molecule has 0 aliphatic carbocycles. The zero-order valence-electron chi connectivity index (χ0n) is 13.9. The zero-order valence-corrected chi connectivity index (χ0v) is 14.6. The van der Waals surface area contributed by atoms with Crippen molar-refractivity contribution in [1.82, 2.24) is 0 Å². The average Bonchev–Trinajstić information content (AvgIpc) is 2.65. The van der Waals surface area contributed by atoms with E-state index in [2.05, 4.69) is 6.58 Å². The third kappa shape index (κ3) is 5.58. The molecule has 0 radical (unpaired) electrons. The van der Waals surface area contributed by atoms with E-state index in [0.29, 0.717) is 0 Å². The number of non-ortho nitro benzene ring substituents is 2. The molecule has 1 heterocycles. The van der Waals surface area contributed by atoms with Crippen LogP contribution in [-0.4, -0.2) is 46.8 Å². The lowest BCUT2D eigenvalue weighted by Crippen LogP contribution is -2.37. The van der Waals surface area contributed by atoms with Gasteiger partial charge in [0, 0.05) is 12.1 Å². The monoisotopic (exact) mass is 398 g/mol. The number of nitro benzene ring substituents is 2. The van der Waals surface area contributed by atoms with Crippen LogP contribution in [0, 0.1) is 20.2 Å². The smallest absolute Gasteiger partial charge is 0.338 e. The first-order valence-electron chi connectivity index (χ1n) is 7.63. The van der Waals surface area contributed by atoms with Crippen LogP contribution < -0.4 is 0 Å². The summed E-state index contributed by atoms with van der Waals surface area (Å²) < 4.78 is 15.9. The second-order valence-corrected chi connectivity index (χ2v) is 5.85. The van der Waals surface area contributed by atoms with Gasteiger partial charge in [0.25, 0.3) is 11.4 Å². The molecule has 0 saturated carbocycles. The van der Waals surface area contributed by atoms with E-state index < -0.39 is 45.0 Å². The van der Waals surface area contributed by atoms with Crippen LogP contribution in [0.1, 0.15) is 10.4 Å². The topological polar surface area (TPSA) is 131 Å². The van der Waals surface area contributed by atoms with E-state index in [4.69, 9.17) is 25.8 Å². The van der Waals surface area contributed by atoms with Crippen molar-refractivity contribution in [3.05, 3.63) is 68.8 Å². The number of nitro groups is 2. The number of rotatable bonds is 8. The number of esters is 1. The Kier molecular flexibility index (Phi) is 6.99. The number of alkyl halides is 1. The Bertz CT molecular complexity index is 749. The second-order valence-electron chi connectivity index (χ2n) is 5.35. The van der Waals surface area contributed by atoms with Crippen molar-refractivity contribution in [2.75, 3.05) is 13.2 Å². The summed E-state index contributed by atoms with van der Waals surface area (Å²) in [7, 11) is 0. The first-order valence-corrected chi connectivity index (χ1v) is 8.06. The van der Waals surface area contributed by atoms with Crippen LogP contribution in [0.4, 0.5) is 11.4 Å². The number of carbonyl (C=O) groups is 1. The first kappa shape index (κ1) is 20.5. The van der Waals surface area contributed by atoms with Crippen LogP contribution in [0.5, 0.6) is 0 Å². The molecular weight excluding hydrogens is 384 g/mol. The SMILES string of the molecule is C=CCO[C@H]1O[C@H](COC(=O)c2cc([N+](=O)[O-])cc([N+](=O)[O-])c2)C=C[C@@H]1Cl. The van der Waals surface area contributed by atoms with Crippen molar-refractivity contribution in [2.45, 2.75) is 17.8 Å². The molecule has 0 bridgehead atoms. The van der Waals surface area contributed by atoms with E-state index >= 15 is 0 Å². The van der Waals surface area contributed by atoms with Crippen molar-refractivity contribution in [2.24, 2.45) is 0 Å². The molecule has 1 aliphatic rings. The van der Waals surface area contributed by atoms with Gasteiger partial charge in [0.1, 0.15) is 18.1 Å². The number of ether oxygens (including phenoxy) is 3. The number of carbonyl (C=O) groups excluding carboxylic acids is 1. The van der Waals surface area contributed by atoms with Gasteiger partial charge in [-0.25, -0.2) is 4.79 Å². The van der Waals surface area contributed by atoms with Crippen LogP contribution in [0.25, 0.3) is 0 Å². The van der Waals surface area contributed by atoms with Gasteiger partial charge in [-0.15, -0.1) is 18.2 Å². The van der Waals surface area contributed by atoms with Gasteiger partial charge in [-0.2, -0.15) is 0 Å². The molecule has 1 aliphatic heterocycles. The Hall–Kier alpha value is -2.82. The summed E-state index contributed by atoms with van der Waals surface area (Å²) in [4.78, 5) is 32.2. The molecule has 0 amide bonds. The van der Waals surface area contributed by atoms with Crippen LogP contribution in [0.3, 0.4) is 0 Å². The minimum atomic E-state index is -0.963. The fraction of sp³-hybridized carbons (Fsp3) is 0.312. The maximum atomic E-state index is 12.1. The maximum absolute atomic E-state index is 12.1. The highest BCUT2D eigenvalue weighted by molar-refractivity contribution is 6.22. The van der Waals surface area contributed by atoms with Crippen LogP contribution >= 0.6 is 11.6 Å². The third-order valence-electron chi connectivity index (χ3n) is 3.40. The predicted octanol–water partition coefficient (Wildman–Crippen LogP) is 2.75. The number of benzene rings is 1. The largest absolute Gasteiger partial charge is 0.459 e. The summed E-state index contributed by atoms with van der Waals surface area (Å²) in [6, 6.07) is 2.56. The molecular formula is C16H15ClN2O8. The summed E-state index contributed by atoms with van der Waals surface area (Å²) in [5, 5.41) is 21.2. The van der Waals surface area contributed by atoms with E-state index in [1.807, 2.05) is 0 Å². The highest BCUT2D eigenvalue weighted by Crippen LogP contribution is 2.24. The lowest BCUT2D eigenvalue weighted by molar-refractivity contribution is -0.394.